The van der Waals surface area contributed by atoms with Crippen LogP contribution >= 0.6 is 0 Å². The third-order valence-electron chi connectivity index (χ3n) is 5.75. The third kappa shape index (κ3) is 5.14. The second-order valence-electron chi connectivity index (χ2n) is 8.24. The van der Waals surface area contributed by atoms with Gasteiger partial charge in [0.25, 0.3) is 0 Å². The number of pyridine rings is 1. The van der Waals surface area contributed by atoms with E-state index in [-0.39, 0.29) is 6.03 Å². The van der Waals surface area contributed by atoms with Crippen LogP contribution in [-0.4, -0.2) is 75.2 Å². The maximum Gasteiger partial charge on any atom is 0.328 e. The van der Waals surface area contributed by atoms with Gasteiger partial charge in [-0.1, -0.05) is 12.1 Å². The number of carbonyl (C=O) groups is 2. The number of carbonyl (C=O) groups excluding carboxylic acids is 2. The molecule has 0 spiro atoms. The molecular formula is C24H30N6O3. The Labute approximate surface area is 193 Å². The van der Waals surface area contributed by atoms with E-state index in [0.717, 1.165) is 22.7 Å². The van der Waals surface area contributed by atoms with Crippen molar-refractivity contribution in [1.29, 1.82) is 0 Å². The average Bonchev–Trinajstić information content (AvgIpc) is 3.17. The highest BCUT2D eigenvalue weighted by molar-refractivity contribution is 5.83. The molecule has 3 aromatic rings. The van der Waals surface area contributed by atoms with Gasteiger partial charge in [0.1, 0.15) is 17.4 Å². The lowest BCUT2D eigenvalue weighted by Crippen LogP contribution is -2.54. The fraction of sp³-hybridized carbons (Fsp3) is 0.417. The van der Waals surface area contributed by atoms with E-state index in [2.05, 4.69) is 44.9 Å². The van der Waals surface area contributed by atoms with Gasteiger partial charge in [-0.2, -0.15) is 0 Å². The number of fused-ring (bicyclic) bond motifs is 1. The summed E-state index contributed by atoms with van der Waals surface area (Å²) in [5, 5.41) is 2.72. The molecule has 0 radical (unpaired) electrons. The molecule has 4 rings (SSSR count). The summed E-state index contributed by atoms with van der Waals surface area (Å²) in [6.07, 6.45) is 1.79. The van der Waals surface area contributed by atoms with E-state index in [4.69, 9.17) is 9.72 Å². The monoisotopic (exact) mass is 450 g/mol. The first-order valence-corrected chi connectivity index (χ1v) is 11.3. The molecule has 9 heteroatoms. The summed E-state index contributed by atoms with van der Waals surface area (Å²) in [5.41, 5.74) is 3.91. The van der Waals surface area contributed by atoms with Gasteiger partial charge >= 0.3 is 12.0 Å². The average molecular weight is 451 g/mol. The highest BCUT2D eigenvalue weighted by Crippen LogP contribution is 2.22. The van der Waals surface area contributed by atoms with Crippen LogP contribution in [0.1, 0.15) is 25.2 Å². The predicted octanol–water partition coefficient (Wildman–Crippen LogP) is 2.51. The number of aryl methyl sites for hydroxylation is 1. The standard InChI is InChI=1S/C24H30N6O3/c1-4-33-23(31)18(3)26-24(32)29-13-11-28(12-14-29)16-21-27-20-9-6-10-25-22(20)30(21)19-8-5-7-17(2)15-19/h5-10,15,18H,4,11-14,16H2,1-3H3,(H,26,32)/t18-/m1/s1. The molecule has 9 nitrogen and oxygen atoms in total. The second kappa shape index (κ2) is 9.99. The van der Waals surface area contributed by atoms with E-state index >= 15 is 0 Å². The van der Waals surface area contributed by atoms with E-state index in [1.807, 2.05) is 18.2 Å². The van der Waals surface area contributed by atoms with E-state index < -0.39 is 12.0 Å². The van der Waals surface area contributed by atoms with Gasteiger partial charge < -0.3 is 15.0 Å². The van der Waals surface area contributed by atoms with Crippen LogP contribution in [-0.2, 0) is 16.1 Å². The Bertz CT molecular complexity index is 1140. The number of imidazole rings is 1. The van der Waals surface area contributed by atoms with E-state index in [1.54, 1.807) is 24.9 Å². The van der Waals surface area contributed by atoms with E-state index in [0.29, 0.717) is 39.3 Å². The summed E-state index contributed by atoms with van der Waals surface area (Å²) < 4.78 is 7.07. The van der Waals surface area contributed by atoms with Crippen molar-refractivity contribution in [3.8, 4) is 5.69 Å². The lowest BCUT2D eigenvalue weighted by molar-refractivity contribution is -0.144. The van der Waals surface area contributed by atoms with Gasteiger partial charge in [-0.25, -0.2) is 19.6 Å². The first-order valence-electron chi connectivity index (χ1n) is 11.3. The minimum Gasteiger partial charge on any atom is -0.464 e. The smallest absolute Gasteiger partial charge is 0.328 e. The highest BCUT2D eigenvalue weighted by Gasteiger charge is 2.25. The van der Waals surface area contributed by atoms with Gasteiger partial charge in [-0.05, 0) is 50.6 Å². The van der Waals surface area contributed by atoms with Gasteiger partial charge in [-0.3, -0.25) is 9.47 Å². The van der Waals surface area contributed by atoms with Crippen molar-refractivity contribution in [3.63, 3.8) is 0 Å². The zero-order valence-electron chi connectivity index (χ0n) is 19.3. The van der Waals surface area contributed by atoms with Crippen LogP contribution < -0.4 is 5.32 Å². The van der Waals surface area contributed by atoms with Crippen molar-refractivity contribution in [3.05, 3.63) is 54.0 Å². The minimum absolute atomic E-state index is 0.244. The Balaban J connectivity index is 1.44. The summed E-state index contributed by atoms with van der Waals surface area (Å²) in [4.78, 5) is 37.8. The molecule has 0 bridgehead atoms. The summed E-state index contributed by atoms with van der Waals surface area (Å²) in [6.45, 7) is 8.97. The number of urea groups is 1. The lowest BCUT2D eigenvalue weighted by atomic mass is 10.2. The first-order chi connectivity index (χ1) is 16.0. The normalized spacial score (nSPS) is 15.4. The zero-order valence-corrected chi connectivity index (χ0v) is 19.3. The summed E-state index contributed by atoms with van der Waals surface area (Å²) in [6, 6.07) is 11.3. The zero-order chi connectivity index (χ0) is 23.4. The molecule has 1 aliphatic heterocycles. The molecule has 0 unspecified atom stereocenters. The fourth-order valence-electron chi connectivity index (χ4n) is 4.02. The number of amides is 2. The van der Waals surface area contributed by atoms with Crippen LogP contribution in [0.2, 0.25) is 0 Å². The van der Waals surface area contributed by atoms with Crippen LogP contribution in [0.4, 0.5) is 4.79 Å². The summed E-state index contributed by atoms with van der Waals surface area (Å²) >= 11 is 0. The number of piperazine rings is 1. The summed E-state index contributed by atoms with van der Waals surface area (Å²) in [7, 11) is 0. The van der Waals surface area contributed by atoms with Gasteiger partial charge in [-0.15, -0.1) is 0 Å². The molecule has 1 atom stereocenters. The van der Waals surface area contributed by atoms with Crippen molar-refractivity contribution in [2.24, 2.45) is 0 Å². The number of hydrogen-bond acceptors (Lipinski definition) is 6. The molecule has 1 aliphatic rings. The quantitative estimate of drug-likeness (QED) is 0.580. The lowest BCUT2D eigenvalue weighted by Gasteiger charge is -2.35. The molecule has 2 amide bonds. The number of nitrogens with zero attached hydrogens (tertiary/aromatic N) is 5. The van der Waals surface area contributed by atoms with Gasteiger partial charge in [0.05, 0.1) is 13.2 Å². The molecule has 1 aromatic carbocycles. The summed E-state index contributed by atoms with van der Waals surface area (Å²) in [5.74, 6) is 0.497. The van der Waals surface area contributed by atoms with Gasteiger partial charge in [0, 0.05) is 38.1 Å². The Hall–Kier alpha value is -3.46. The number of rotatable bonds is 6. The van der Waals surface area contributed by atoms with Crippen LogP contribution in [0.3, 0.4) is 0 Å². The first kappa shape index (κ1) is 22.7. The van der Waals surface area contributed by atoms with Crippen LogP contribution in [0.25, 0.3) is 16.9 Å². The maximum atomic E-state index is 12.5. The van der Waals surface area contributed by atoms with Crippen molar-refractivity contribution >= 4 is 23.2 Å². The van der Waals surface area contributed by atoms with Crippen molar-refractivity contribution in [2.75, 3.05) is 32.8 Å². The fourth-order valence-corrected chi connectivity index (χ4v) is 4.02. The van der Waals surface area contributed by atoms with Crippen LogP contribution in [0.5, 0.6) is 0 Å². The Morgan fingerprint density at radius 1 is 1.15 bits per heavy atom. The SMILES string of the molecule is CCOC(=O)[C@@H](C)NC(=O)N1CCN(Cc2nc3cccnc3n2-c2cccc(C)c2)CC1. The topological polar surface area (TPSA) is 92.6 Å². The molecule has 3 heterocycles. The molecular weight excluding hydrogens is 420 g/mol. The number of hydrogen-bond donors (Lipinski definition) is 1. The van der Waals surface area contributed by atoms with Crippen LogP contribution in [0.15, 0.2) is 42.6 Å². The molecule has 1 N–H and O–H groups in total. The Kier molecular flexibility index (Phi) is 6.88. The molecule has 0 saturated carbocycles. The maximum absolute atomic E-state index is 12.5. The van der Waals surface area contributed by atoms with Crippen molar-refractivity contribution in [1.82, 2.24) is 29.7 Å². The molecule has 33 heavy (non-hydrogen) atoms. The number of nitrogens with one attached hydrogen (secondary N) is 1. The van der Waals surface area contributed by atoms with Crippen LogP contribution in [0, 0.1) is 6.92 Å². The number of aromatic nitrogens is 3. The largest absolute Gasteiger partial charge is 0.464 e. The highest BCUT2D eigenvalue weighted by atomic mass is 16.5. The molecule has 1 fully saturated rings. The van der Waals surface area contributed by atoms with E-state index in [9.17, 15) is 9.59 Å². The predicted molar refractivity (Wildman–Crippen MR) is 125 cm³/mol. The third-order valence-corrected chi connectivity index (χ3v) is 5.75. The Morgan fingerprint density at radius 3 is 2.67 bits per heavy atom. The van der Waals surface area contributed by atoms with Gasteiger partial charge in [0.15, 0.2) is 5.65 Å². The Morgan fingerprint density at radius 2 is 1.94 bits per heavy atom. The van der Waals surface area contributed by atoms with Crippen molar-refractivity contribution < 1.29 is 14.3 Å². The number of ether oxygens (including phenoxy) is 1. The number of esters is 1. The molecule has 0 aliphatic carbocycles. The molecule has 2 aromatic heterocycles. The molecule has 1 saturated heterocycles. The van der Waals surface area contributed by atoms with E-state index in [1.165, 1.54) is 5.56 Å². The molecule has 174 valence electrons. The number of benzene rings is 1. The minimum atomic E-state index is -0.669. The van der Waals surface area contributed by atoms with Gasteiger partial charge in [0.2, 0.25) is 0 Å². The second-order valence-corrected chi connectivity index (χ2v) is 8.24. The van der Waals surface area contributed by atoms with Crippen molar-refractivity contribution in [2.45, 2.75) is 33.4 Å².